The maximum atomic E-state index is 11.1. The Balaban J connectivity index is 2.11. The summed E-state index contributed by atoms with van der Waals surface area (Å²) < 4.78 is 2.08. The number of carboxylic acids is 1. The summed E-state index contributed by atoms with van der Waals surface area (Å²) in [7, 11) is 0. The molecule has 0 aliphatic rings. The summed E-state index contributed by atoms with van der Waals surface area (Å²) in [5.74, 6) is -0.943. The van der Waals surface area contributed by atoms with Crippen LogP contribution in [-0.2, 0) is 6.42 Å². The lowest BCUT2D eigenvalue weighted by atomic mass is 10.1. The number of carboxylic acid groups (broad SMARTS) is 1. The van der Waals surface area contributed by atoms with Crippen LogP contribution < -0.4 is 0 Å². The van der Waals surface area contributed by atoms with Gasteiger partial charge in [0.25, 0.3) is 0 Å². The first-order valence-corrected chi connectivity index (χ1v) is 7.67. The maximum Gasteiger partial charge on any atom is 0.335 e. The fraction of sp³-hybridized carbons (Fsp3) is 0.100. The first kappa shape index (κ1) is 15.6. The quantitative estimate of drug-likeness (QED) is 0.763. The number of aromatic carboxylic acids is 1. The maximum absolute atomic E-state index is 11.1. The van der Waals surface area contributed by atoms with Crippen molar-refractivity contribution in [3.63, 3.8) is 0 Å². The third-order valence-corrected chi connectivity index (χ3v) is 3.90. The summed E-state index contributed by atoms with van der Waals surface area (Å²) in [5.41, 5.74) is 4.26. The summed E-state index contributed by atoms with van der Waals surface area (Å²) in [6.45, 7) is 0. The van der Waals surface area contributed by atoms with E-state index in [2.05, 4.69) is 10.6 Å². The molecule has 0 bridgehead atoms. The SMILES string of the molecule is N#CCCc1ccc(-c2ccccc2)n1-c1ccc(C(=O)O)cc1. The predicted molar refractivity (Wildman–Crippen MR) is 92.1 cm³/mol. The molecule has 4 heteroatoms. The molecule has 0 amide bonds. The number of aromatic nitrogens is 1. The molecular formula is C20H16N2O2. The monoisotopic (exact) mass is 316 g/mol. The fourth-order valence-corrected chi connectivity index (χ4v) is 2.75. The lowest BCUT2D eigenvalue weighted by Gasteiger charge is -2.14. The van der Waals surface area contributed by atoms with Crippen molar-refractivity contribution < 1.29 is 9.90 Å². The highest BCUT2D eigenvalue weighted by atomic mass is 16.4. The first-order valence-electron chi connectivity index (χ1n) is 7.67. The third kappa shape index (κ3) is 3.06. The van der Waals surface area contributed by atoms with Crippen molar-refractivity contribution in [1.29, 1.82) is 5.26 Å². The molecule has 1 heterocycles. The zero-order chi connectivity index (χ0) is 16.9. The second kappa shape index (κ2) is 6.84. The third-order valence-electron chi connectivity index (χ3n) is 3.90. The fourth-order valence-electron chi connectivity index (χ4n) is 2.75. The Bertz CT molecular complexity index is 888. The number of benzene rings is 2. The number of hydrogen-bond donors (Lipinski definition) is 1. The standard InChI is InChI=1S/C20H16N2O2/c21-14-4-7-17-12-13-19(15-5-2-1-3-6-15)22(17)18-10-8-16(9-11-18)20(23)24/h1-3,5-6,8-13H,4,7H2,(H,23,24). The molecule has 0 unspecified atom stereocenters. The number of nitriles is 1. The van der Waals surface area contributed by atoms with Crippen LogP contribution in [0, 0.1) is 11.3 Å². The van der Waals surface area contributed by atoms with Gasteiger partial charge in [0.2, 0.25) is 0 Å². The summed E-state index contributed by atoms with van der Waals surface area (Å²) in [6, 6.07) is 23.0. The summed E-state index contributed by atoms with van der Waals surface area (Å²) in [6.07, 6.45) is 1.08. The van der Waals surface area contributed by atoms with E-state index < -0.39 is 5.97 Å². The largest absolute Gasteiger partial charge is 0.478 e. The Morgan fingerprint density at radius 3 is 2.33 bits per heavy atom. The first-order chi connectivity index (χ1) is 11.7. The van der Waals surface area contributed by atoms with Gasteiger partial charge in [-0.3, -0.25) is 0 Å². The van der Waals surface area contributed by atoms with E-state index in [1.165, 1.54) is 0 Å². The van der Waals surface area contributed by atoms with E-state index in [9.17, 15) is 4.79 Å². The minimum atomic E-state index is -0.943. The van der Waals surface area contributed by atoms with Crippen molar-refractivity contribution >= 4 is 5.97 Å². The van der Waals surface area contributed by atoms with E-state index in [1.807, 2.05) is 42.5 Å². The predicted octanol–water partition coefficient (Wildman–Crippen LogP) is 4.30. The molecule has 0 radical (unpaired) electrons. The van der Waals surface area contributed by atoms with Crippen LogP contribution in [0.5, 0.6) is 0 Å². The lowest BCUT2D eigenvalue weighted by molar-refractivity contribution is 0.0697. The minimum absolute atomic E-state index is 0.255. The van der Waals surface area contributed by atoms with E-state index >= 15 is 0 Å². The van der Waals surface area contributed by atoms with Crippen LogP contribution in [-0.4, -0.2) is 15.6 Å². The molecule has 0 aliphatic carbocycles. The Hall–Kier alpha value is -3.32. The number of rotatable bonds is 5. The zero-order valence-corrected chi connectivity index (χ0v) is 13.0. The molecule has 2 aromatic carbocycles. The van der Waals surface area contributed by atoms with Gasteiger partial charge in [0.1, 0.15) is 0 Å². The van der Waals surface area contributed by atoms with Gasteiger partial charge in [-0.05, 0) is 42.0 Å². The van der Waals surface area contributed by atoms with Crippen molar-refractivity contribution in [2.24, 2.45) is 0 Å². The molecule has 1 N–H and O–H groups in total. The van der Waals surface area contributed by atoms with Gasteiger partial charge in [-0.25, -0.2) is 4.79 Å². The molecule has 118 valence electrons. The molecule has 0 saturated heterocycles. The van der Waals surface area contributed by atoms with E-state index in [-0.39, 0.29) is 5.56 Å². The Morgan fingerprint density at radius 2 is 1.71 bits per heavy atom. The Morgan fingerprint density at radius 1 is 1.00 bits per heavy atom. The van der Waals surface area contributed by atoms with E-state index in [0.717, 1.165) is 22.6 Å². The molecule has 4 nitrogen and oxygen atoms in total. The Labute approximate surface area is 140 Å². The summed E-state index contributed by atoms with van der Waals surface area (Å²) in [5, 5.41) is 18.0. The normalized spacial score (nSPS) is 10.3. The topological polar surface area (TPSA) is 66.0 Å². The summed E-state index contributed by atoms with van der Waals surface area (Å²) >= 11 is 0. The number of aryl methyl sites for hydroxylation is 1. The van der Waals surface area contributed by atoms with Gasteiger partial charge in [0.15, 0.2) is 0 Å². The average molecular weight is 316 g/mol. The minimum Gasteiger partial charge on any atom is -0.478 e. The molecule has 3 rings (SSSR count). The van der Waals surface area contributed by atoms with Crippen LogP contribution >= 0.6 is 0 Å². The van der Waals surface area contributed by atoms with Crippen LogP contribution in [0.15, 0.2) is 66.7 Å². The van der Waals surface area contributed by atoms with Crippen molar-refractivity contribution in [1.82, 2.24) is 4.57 Å². The Kier molecular flexibility index (Phi) is 4.44. The van der Waals surface area contributed by atoms with Gasteiger partial charge in [0, 0.05) is 24.2 Å². The van der Waals surface area contributed by atoms with Crippen LogP contribution in [0.25, 0.3) is 16.9 Å². The van der Waals surface area contributed by atoms with Gasteiger partial charge in [-0.15, -0.1) is 0 Å². The van der Waals surface area contributed by atoms with Crippen LogP contribution in [0.4, 0.5) is 0 Å². The summed E-state index contributed by atoms with van der Waals surface area (Å²) in [4.78, 5) is 11.1. The smallest absolute Gasteiger partial charge is 0.335 e. The number of hydrogen-bond acceptors (Lipinski definition) is 2. The van der Waals surface area contributed by atoms with Gasteiger partial charge < -0.3 is 9.67 Å². The molecule has 0 saturated carbocycles. The van der Waals surface area contributed by atoms with Crippen LogP contribution in [0.1, 0.15) is 22.5 Å². The second-order valence-electron chi connectivity index (χ2n) is 5.42. The van der Waals surface area contributed by atoms with Gasteiger partial charge >= 0.3 is 5.97 Å². The van der Waals surface area contributed by atoms with Gasteiger partial charge in [0.05, 0.1) is 17.3 Å². The highest BCUT2D eigenvalue weighted by Gasteiger charge is 2.12. The highest BCUT2D eigenvalue weighted by Crippen LogP contribution is 2.27. The molecule has 1 aromatic heterocycles. The van der Waals surface area contributed by atoms with Crippen molar-refractivity contribution in [2.75, 3.05) is 0 Å². The van der Waals surface area contributed by atoms with Crippen molar-refractivity contribution in [2.45, 2.75) is 12.8 Å². The molecule has 0 atom stereocenters. The molecule has 0 aliphatic heterocycles. The van der Waals surface area contributed by atoms with Crippen molar-refractivity contribution in [3.05, 3.63) is 78.0 Å². The van der Waals surface area contributed by atoms with E-state index in [4.69, 9.17) is 10.4 Å². The molecule has 24 heavy (non-hydrogen) atoms. The highest BCUT2D eigenvalue weighted by molar-refractivity contribution is 5.87. The number of carbonyl (C=O) groups is 1. The van der Waals surface area contributed by atoms with E-state index in [0.29, 0.717) is 12.8 Å². The van der Waals surface area contributed by atoms with Crippen LogP contribution in [0.3, 0.4) is 0 Å². The van der Waals surface area contributed by atoms with Gasteiger partial charge in [-0.1, -0.05) is 30.3 Å². The molecule has 0 spiro atoms. The second-order valence-corrected chi connectivity index (χ2v) is 5.42. The number of nitrogens with zero attached hydrogens (tertiary/aromatic N) is 2. The molecule has 3 aromatic rings. The lowest BCUT2D eigenvalue weighted by Crippen LogP contribution is -2.03. The average Bonchev–Trinajstić information content (AvgIpc) is 3.04. The molecular weight excluding hydrogens is 300 g/mol. The zero-order valence-electron chi connectivity index (χ0n) is 13.0. The van der Waals surface area contributed by atoms with Gasteiger partial charge in [-0.2, -0.15) is 5.26 Å². The van der Waals surface area contributed by atoms with Crippen LogP contribution in [0.2, 0.25) is 0 Å². The molecule has 0 fully saturated rings. The van der Waals surface area contributed by atoms with E-state index in [1.54, 1.807) is 24.3 Å². The van der Waals surface area contributed by atoms with Crippen molar-refractivity contribution in [3.8, 4) is 23.0 Å².